The molecule has 0 unspecified atom stereocenters. The first-order chi connectivity index (χ1) is 10.2. The zero-order chi connectivity index (χ0) is 14.7. The highest BCUT2D eigenvalue weighted by Crippen LogP contribution is 2.10. The Morgan fingerprint density at radius 1 is 1.05 bits per heavy atom. The molecule has 1 aromatic heterocycles. The van der Waals surface area contributed by atoms with Crippen LogP contribution in [0.3, 0.4) is 0 Å². The van der Waals surface area contributed by atoms with Crippen LogP contribution in [0.5, 0.6) is 0 Å². The SMILES string of the molecule is O=C(Cc1cccc(F)c1)c1ccn(-c2ccccc2)n1. The molecule has 0 spiro atoms. The van der Waals surface area contributed by atoms with Gasteiger partial charge in [-0.1, -0.05) is 30.3 Å². The van der Waals surface area contributed by atoms with Gasteiger partial charge < -0.3 is 0 Å². The quantitative estimate of drug-likeness (QED) is 0.686. The molecule has 4 heteroatoms. The van der Waals surface area contributed by atoms with Gasteiger partial charge in [-0.3, -0.25) is 4.79 Å². The fourth-order valence-electron chi connectivity index (χ4n) is 2.12. The van der Waals surface area contributed by atoms with Crippen molar-refractivity contribution in [1.82, 2.24) is 9.78 Å². The van der Waals surface area contributed by atoms with E-state index in [1.54, 1.807) is 29.1 Å². The summed E-state index contributed by atoms with van der Waals surface area (Å²) in [5, 5.41) is 4.27. The Hall–Kier alpha value is -2.75. The summed E-state index contributed by atoms with van der Waals surface area (Å²) in [6.07, 6.45) is 1.89. The fraction of sp³-hybridized carbons (Fsp3) is 0.0588. The molecule has 0 saturated heterocycles. The third-order valence-electron chi connectivity index (χ3n) is 3.15. The second kappa shape index (κ2) is 5.71. The van der Waals surface area contributed by atoms with Crippen LogP contribution in [-0.4, -0.2) is 15.6 Å². The van der Waals surface area contributed by atoms with Crippen molar-refractivity contribution in [2.24, 2.45) is 0 Å². The maximum Gasteiger partial charge on any atom is 0.187 e. The number of rotatable bonds is 4. The normalized spacial score (nSPS) is 10.5. The highest BCUT2D eigenvalue weighted by Gasteiger charge is 2.11. The molecule has 0 saturated carbocycles. The van der Waals surface area contributed by atoms with Gasteiger partial charge in [0, 0.05) is 12.6 Å². The summed E-state index contributed by atoms with van der Waals surface area (Å²) < 4.78 is 14.8. The minimum absolute atomic E-state index is 0.129. The van der Waals surface area contributed by atoms with E-state index in [1.165, 1.54) is 12.1 Å². The van der Waals surface area contributed by atoms with E-state index < -0.39 is 0 Å². The number of benzene rings is 2. The second-order valence-corrected chi connectivity index (χ2v) is 4.71. The van der Waals surface area contributed by atoms with E-state index in [2.05, 4.69) is 5.10 Å². The van der Waals surface area contributed by atoms with Crippen molar-refractivity contribution in [3.63, 3.8) is 0 Å². The Kier molecular flexibility index (Phi) is 3.60. The predicted octanol–water partition coefficient (Wildman–Crippen LogP) is 3.44. The van der Waals surface area contributed by atoms with Gasteiger partial charge in [0.05, 0.1) is 5.69 Å². The topological polar surface area (TPSA) is 34.9 Å². The lowest BCUT2D eigenvalue weighted by molar-refractivity contribution is 0.0988. The predicted molar refractivity (Wildman–Crippen MR) is 78.0 cm³/mol. The summed E-state index contributed by atoms with van der Waals surface area (Å²) in [6, 6.07) is 17.3. The van der Waals surface area contributed by atoms with Crippen molar-refractivity contribution in [3.8, 4) is 5.69 Å². The van der Waals surface area contributed by atoms with Gasteiger partial charge in [-0.05, 0) is 35.9 Å². The average molecular weight is 280 g/mol. The van der Waals surface area contributed by atoms with E-state index in [1.807, 2.05) is 30.3 Å². The fourth-order valence-corrected chi connectivity index (χ4v) is 2.12. The smallest absolute Gasteiger partial charge is 0.187 e. The van der Waals surface area contributed by atoms with Crippen molar-refractivity contribution < 1.29 is 9.18 Å². The van der Waals surface area contributed by atoms with E-state index in [0.717, 1.165) is 5.69 Å². The largest absolute Gasteiger partial charge is 0.292 e. The van der Waals surface area contributed by atoms with Gasteiger partial charge in [0.2, 0.25) is 0 Å². The Morgan fingerprint density at radius 2 is 1.86 bits per heavy atom. The number of hydrogen-bond donors (Lipinski definition) is 0. The first-order valence-corrected chi connectivity index (χ1v) is 6.61. The first-order valence-electron chi connectivity index (χ1n) is 6.61. The van der Waals surface area contributed by atoms with E-state index in [0.29, 0.717) is 11.3 Å². The molecule has 21 heavy (non-hydrogen) atoms. The molecular weight excluding hydrogens is 267 g/mol. The molecule has 0 amide bonds. The lowest BCUT2D eigenvalue weighted by Gasteiger charge is -2.01. The summed E-state index contributed by atoms with van der Waals surface area (Å²) in [7, 11) is 0. The molecule has 0 fully saturated rings. The monoisotopic (exact) mass is 280 g/mol. The van der Waals surface area contributed by atoms with Crippen LogP contribution in [0.25, 0.3) is 5.69 Å². The van der Waals surface area contributed by atoms with Gasteiger partial charge in [-0.15, -0.1) is 0 Å². The zero-order valence-corrected chi connectivity index (χ0v) is 11.2. The minimum Gasteiger partial charge on any atom is -0.292 e. The maximum atomic E-state index is 13.1. The van der Waals surface area contributed by atoms with Crippen LogP contribution in [0.1, 0.15) is 16.1 Å². The summed E-state index contributed by atoms with van der Waals surface area (Å²) in [6.45, 7) is 0. The molecule has 3 aromatic rings. The highest BCUT2D eigenvalue weighted by atomic mass is 19.1. The summed E-state index contributed by atoms with van der Waals surface area (Å²) in [5.41, 5.74) is 1.92. The molecule has 104 valence electrons. The number of para-hydroxylation sites is 1. The molecule has 0 N–H and O–H groups in total. The van der Waals surface area contributed by atoms with Crippen LogP contribution in [0.2, 0.25) is 0 Å². The third-order valence-corrected chi connectivity index (χ3v) is 3.15. The standard InChI is InChI=1S/C17H13FN2O/c18-14-6-4-5-13(11-14)12-17(21)16-9-10-20(19-16)15-7-2-1-3-8-15/h1-11H,12H2. The van der Waals surface area contributed by atoms with E-state index in [4.69, 9.17) is 0 Å². The number of carbonyl (C=O) groups is 1. The van der Waals surface area contributed by atoms with E-state index in [9.17, 15) is 9.18 Å². The van der Waals surface area contributed by atoms with Crippen molar-refractivity contribution in [2.75, 3.05) is 0 Å². The van der Waals surface area contributed by atoms with Gasteiger partial charge in [0.25, 0.3) is 0 Å². The molecule has 0 aliphatic heterocycles. The molecule has 3 nitrogen and oxygen atoms in total. The number of halogens is 1. The molecule has 0 aliphatic rings. The highest BCUT2D eigenvalue weighted by molar-refractivity contribution is 5.95. The van der Waals surface area contributed by atoms with Gasteiger partial charge in [-0.2, -0.15) is 5.10 Å². The minimum atomic E-state index is -0.338. The van der Waals surface area contributed by atoms with Crippen molar-refractivity contribution in [3.05, 3.63) is 83.9 Å². The van der Waals surface area contributed by atoms with Crippen LogP contribution < -0.4 is 0 Å². The van der Waals surface area contributed by atoms with Crippen molar-refractivity contribution in [1.29, 1.82) is 0 Å². The molecule has 0 radical (unpaired) electrons. The van der Waals surface area contributed by atoms with Gasteiger partial charge >= 0.3 is 0 Å². The summed E-state index contributed by atoms with van der Waals surface area (Å²) in [5.74, 6) is -0.467. The Labute approximate surface area is 121 Å². The lowest BCUT2D eigenvalue weighted by atomic mass is 10.1. The lowest BCUT2D eigenvalue weighted by Crippen LogP contribution is -2.06. The number of Topliss-reactive ketones (excluding diaryl/α,β-unsaturated/α-hetero) is 1. The number of aromatic nitrogens is 2. The Bertz CT molecular complexity index is 765. The second-order valence-electron chi connectivity index (χ2n) is 4.71. The van der Waals surface area contributed by atoms with Crippen LogP contribution in [0.4, 0.5) is 4.39 Å². The van der Waals surface area contributed by atoms with Crippen molar-refractivity contribution in [2.45, 2.75) is 6.42 Å². The third kappa shape index (κ3) is 3.05. The number of hydrogen-bond acceptors (Lipinski definition) is 2. The number of ketones is 1. The van der Waals surface area contributed by atoms with Crippen LogP contribution in [0.15, 0.2) is 66.9 Å². The van der Waals surface area contributed by atoms with E-state index >= 15 is 0 Å². The van der Waals surface area contributed by atoms with Gasteiger partial charge in [0.1, 0.15) is 11.5 Å². The van der Waals surface area contributed by atoms with Crippen LogP contribution in [0, 0.1) is 5.82 Å². The average Bonchev–Trinajstić information content (AvgIpc) is 2.98. The van der Waals surface area contributed by atoms with Crippen LogP contribution >= 0.6 is 0 Å². The molecule has 1 heterocycles. The molecule has 0 atom stereocenters. The van der Waals surface area contributed by atoms with Crippen LogP contribution in [-0.2, 0) is 6.42 Å². The first kappa shape index (κ1) is 13.2. The Balaban J connectivity index is 1.78. The van der Waals surface area contributed by atoms with Crippen molar-refractivity contribution >= 4 is 5.78 Å². The number of carbonyl (C=O) groups excluding carboxylic acids is 1. The molecular formula is C17H13FN2O. The summed E-state index contributed by atoms with van der Waals surface area (Å²) >= 11 is 0. The Morgan fingerprint density at radius 3 is 2.62 bits per heavy atom. The molecule has 0 bridgehead atoms. The molecule has 3 rings (SSSR count). The zero-order valence-electron chi connectivity index (χ0n) is 11.2. The summed E-state index contributed by atoms with van der Waals surface area (Å²) in [4.78, 5) is 12.2. The van der Waals surface area contributed by atoms with Gasteiger partial charge in [-0.25, -0.2) is 9.07 Å². The number of nitrogens with zero attached hydrogens (tertiary/aromatic N) is 2. The molecule has 0 aliphatic carbocycles. The molecule has 2 aromatic carbocycles. The van der Waals surface area contributed by atoms with E-state index in [-0.39, 0.29) is 18.0 Å². The maximum absolute atomic E-state index is 13.1. The van der Waals surface area contributed by atoms with Gasteiger partial charge in [0.15, 0.2) is 5.78 Å².